The minimum Gasteiger partial charge on any atom is -0.345 e. The van der Waals surface area contributed by atoms with Crippen LogP contribution in [0.1, 0.15) is 12.8 Å². The zero-order valence-corrected chi connectivity index (χ0v) is 14.0. The number of aromatic nitrogens is 4. The third kappa shape index (κ3) is 4.15. The number of carbonyl (C=O) groups is 2. The largest absolute Gasteiger partial charge is 0.345 e. The number of nitrogens with zero attached hydrogens (tertiary/aromatic N) is 5. The van der Waals surface area contributed by atoms with Crippen molar-refractivity contribution < 1.29 is 9.59 Å². The predicted molar refractivity (Wildman–Crippen MR) is 89.0 cm³/mol. The lowest BCUT2D eigenvalue weighted by Gasteiger charge is -2.31. The van der Waals surface area contributed by atoms with E-state index in [0.717, 1.165) is 31.1 Å². The van der Waals surface area contributed by atoms with E-state index in [9.17, 15) is 9.59 Å². The molecule has 0 unspecified atom stereocenters. The minimum absolute atomic E-state index is 0.0569. The molecule has 11 heteroatoms. The van der Waals surface area contributed by atoms with Crippen molar-refractivity contribution in [3.05, 3.63) is 23.4 Å². The van der Waals surface area contributed by atoms with E-state index in [4.69, 9.17) is 11.6 Å². The van der Waals surface area contributed by atoms with Crippen LogP contribution in [-0.2, 0) is 9.59 Å². The number of rotatable bonds is 3. The molecule has 1 saturated heterocycles. The highest BCUT2D eigenvalue weighted by Crippen LogP contribution is 2.19. The van der Waals surface area contributed by atoms with E-state index in [1.54, 1.807) is 6.07 Å². The highest BCUT2D eigenvalue weighted by molar-refractivity contribution is 7.09. The summed E-state index contributed by atoms with van der Waals surface area (Å²) in [5.41, 5.74) is 0. The van der Waals surface area contributed by atoms with Crippen LogP contribution in [-0.4, -0.2) is 50.7 Å². The second-order valence-corrected chi connectivity index (χ2v) is 6.34. The molecule has 2 aromatic rings. The second-order valence-electron chi connectivity index (χ2n) is 5.20. The summed E-state index contributed by atoms with van der Waals surface area (Å²) in [4.78, 5) is 29.8. The van der Waals surface area contributed by atoms with Gasteiger partial charge in [-0.25, -0.2) is 4.98 Å². The van der Waals surface area contributed by atoms with E-state index in [0.29, 0.717) is 5.02 Å². The van der Waals surface area contributed by atoms with Crippen molar-refractivity contribution in [3.8, 4) is 0 Å². The third-order valence-corrected chi connectivity index (χ3v) is 4.45. The van der Waals surface area contributed by atoms with Gasteiger partial charge in [-0.15, -0.1) is 0 Å². The maximum absolute atomic E-state index is 12.0. The number of hydrogen-bond donors (Lipinski definition) is 2. The average Bonchev–Trinajstić information content (AvgIpc) is 3.12. The summed E-state index contributed by atoms with van der Waals surface area (Å²) >= 11 is 6.96. The van der Waals surface area contributed by atoms with E-state index >= 15 is 0 Å². The molecule has 24 heavy (non-hydrogen) atoms. The molecule has 1 fully saturated rings. The van der Waals surface area contributed by atoms with E-state index in [2.05, 4.69) is 35.3 Å². The van der Waals surface area contributed by atoms with Gasteiger partial charge in [-0.1, -0.05) is 21.2 Å². The fraction of sp³-hybridized carbons (Fsp3) is 0.385. The first kappa shape index (κ1) is 16.5. The van der Waals surface area contributed by atoms with E-state index in [1.807, 2.05) is 0 Å². The molecule has 0 bridgehead atoms. The Labute approximate surface area is 146 Å². The Balaban J connectivity index is 1.46. The van der Waals surface area contributed by atoms with Gasteiger partial charge in [0.1, 0.15) is 5.82 Å². The molecule has 0 atom stereocenters. The first-order chi connectivity index (χ1) is 11.6. The standard InChI is InChI=1S/C13H14ClN7O2S/c14-8-1-2-10(15-7-8)17-12(23)11(22)16-9-3-5-21(6-4-9)13-18-19-20-24-13/h1-2,7,9H,3-6H2,(H,16,22)(H,15,17,23). The zero-order valence-electron chi connectivity index (χ0n) is 12.5. The van der Waals surface area contributed by atoms with E-state index < -0.39 is 11.8 Å². The van der Waals surface area contributed by atoms with Gasteiger partial charge in [0.25, 0.3) is 0 Å². The normalized spacial score (nSPS) is 15.1. The summed E-state index contributed by atoms with van der Waals surface area (Å²) < 4.78 is 3.74. The lowest BCUT2D eigenvalue weighted by molar-refractivity contribution is -0.136. The lowest BCUT2D eigenvalue weighted by Crippen LogP contribution is -2.47. The number of amides is 2. The van der Waals surface area contributed by atoms with Gasteiger partial charge in [0.15, 0.2) is 0 Å². The topological polar surface area (TPSA) is 113 Å². The molecular weight excluding hydrogens is 354 g/mol. The highest BCUT2D eigenvalue weighted by atomic mass is 35.5. The Morgan fingerprint density at radius 3 is 2.67 bits per heavy atom. The predicted octanol–water partition coefficient (Wildman–Crippen LogP) is 0.705. The minimum atomic E-state index is -0.749. The van der Waals surface area contributed by atoms with Crippen molar-refractivity contribution in [1.82, 2.24) is 25.1 Å². The van der Waals surface area contributed by atoms with E-state index in [1.165, 1.54) is 23.8 Å². The Morgan fingerprint density at radius 1 is 1.25 bits per heavy atom. The van der Waals surface area contributed by atoms with Crippen molar-refractivity contribution in [2.24, 2.45) is 0 Å². The number of carbonyl (C=O) groups excluding carboxylic acids is 2. The van der Waals surface area contributed by atoms with Gasteiger partial charge in [0.05, 0.1) is 5.02 Å². The molecule has 3 rings (SSSR count). The first-order valence-electron chi connectivity index (χ1n) is 7.25. The molecule has 1 aliphatic rings. The Bertz CT molecular complexity index is 702. The fourth-order valence-corrected chi connectivity index (χ4v) is 2.97. The van der Waals surface area contributed by atoms with Crippen LogP contribution in [0, 0.1) is 0 Å². The van der Waals surface area contributed by atoms with Crippen LogP contribution in [0.3, 0.4) is 0 Å². The van der Waals surface area contributed by atoms with Gasteiger partial charge in [-0.2, -0.15) is 0 Å². The first-order valence-corrected chi connectivity index (χ1v) is 8.40. The van der Waals surface area contributed by atoms with E-state index in [-0.39, 0.29) is 11.9 Å². The van der Waals surface area contributed by atoms with Crippen molar-refractivity contribution in [3.63, 3.8) is 0 Å². The van der Waals surface area contributed by atoms with Gasteiger partial charge in [0.2, 0.25) is 5.13 Å². The Morgan fingerprint density at radius 2 is 2.04 bits per heavy atom. The lowest BCUT2D eigenvalue weighted by atomic mass is 10.1. The van der Waals surface area contributed by atoms with Gasteiger partial charge in [-0.3, -0.25) is 9.59 Å². The Hall–Kier alpha value is -2.33. The quantitative estimate of drug-likeness (QED) is 0.768. The van der Waals surface area contributed by atoms with Gasteiger partial charge < -0.3 is 15.5 Å². The molecule has 0 aromatic carbocycles. The smallest absolute Gasteiger partial charge is 0.314 e. The molecule has 0 saturated carbocycles. The number of piperidine rings is 1. The van der Waals surface area contributed by atoms with Crippen LogP contribution in [0.15, 0.2) is 18.3 Å². The van der Waals surface area contributed by atoms with Crippen LogP contribution >= 0.6 is 23.1 Å². The van der Waals surface area contributed by atoms with Gasteiger partial charge >= 0.3 is 11.8 Å². The van der Waals surface area contributed by atoms with Crippen molar-refractivity contribution in [1.29, 1.82) is 0 Å². The molecule has 0 radical (unpaired) electrons. The maximum atomic E-state index is 12.0. The molecule has 0 aliphatic carbocycles. The van der Waals surface area contributed by atoms with Crippen molar-refractivity contribution in [2.45, 2.75) is 18.9 Å². The molecule has 3 heterocycles. The van der Waals surface area contributed by atoms with Gasteiger partial charge in [-0.05, 0) is 30.2 Å². The maximum Gasteiger partial charge on any atom is 0.314 e. The number of anilines is 2. The number of halogens is 1. The highest BCUT2D eigenvalue weighted by Gasteiger charge is 2.25. The summed E-state index contributed by atoms with van der Waals surface area (Å²) in [7, 11) is 0. The van der Waals surface area contributed by atoms with Crippen LogP contribution in [0.4, 0.5) is 10.9 Å². The molecule has 9 nitrogen and oxygen atoms in total. The molecule has 126 valence electrons. The summed E-state index contributed by atoms with van der Waals surface area (Å²) in [5.74, 6) is -1.15. The fourth-order valence-electron chi connectivity index (χ4n) is 2.34. The number of pyridine rings is 1. The second kappa shape index (κ2) is 7.49. The number of nitrogens with one attached hydrogen (secondary N) is 2. The summed E-state index contributed by atoms with van der Waals surface area (Å²) in [5, 5.41) is 13.9. The zero-order chi connectivity index (χ0) is 16.9. The average molecular weight is 368 g/mol. The summed E-state index contributed by atoms with van der Waals surface area (Å²) in [6, 6.07) is 3.06. The molecule has 2 aromatic heterocycles. The molecule has 2 amide bonds. The van der Waals surface area contributed by atoms with Crippen molar-refractivity contribution >= 4 is 45.9 Å². The van der Waals surface area contributed by atoms with Crippen LogP contribution in [0.5, 0.6) is 0 Å². The molecule has 1 aliphatic heterocycles. The van der Waals surface area contributed by atoms with Crippen LogP contribution in [0.25, 0.3) is 0 Å². The summed E-state index contributed by atoms with van der Waals surface area (Å²) in [6.45, 7) is 1.45. The Kier molecular flexibility index (Phi) is 5.16. The SMILES string of the molecule is O=C(Nc1ccc(Cl)cn1)C(=O)NC1CCN(c2nnns2)CC1. The molecule has 2 N–H and O–H groups in total. The molecule has 0 spiro atoms. The monoisotopic (exact) mass is 367 g/mol. The van der Waals surface area contributed by atoms with Crippen molar-refractivity contribution in [2.75, 3.05) is 23.3 Å². The molecular formula is C13H14ClN7O2S. The van der Waals surface area contributed by atoms with Gasteiger partial charge in [0, 0.05) is 36.9 Å². The number of hydrogen-bond acceptors (Lipinski definition) is 8. The van der Waals surface area contributed by atoms with Crippen LogP contribution in [0.2, 0.25) is 5.02 Å². The van der Waals surface area contributed by atoms with Crippen LogP contribution < -0.4 is 15.5 Å². The summed E-state index contributed by atoms with van der Waals surface area (Å²) in [6.07, 6.45) is 2.84. The third-order valence-electron chi connectivity index (χ3n) is 3.57.